The summed E-state index contributed by atoms with van der Waals surface area (Å²) in [6.07, 6.45) is 2.87. The summed E-state index contributed by atoms with van der Waals surface area (Å²) in [5, 5.41) is 2.73. The molecule has 2 saturated heterocycles. The Balaban J connectivity index is 0.00000210. The van der Waals surface area contributed by atoms with Crippen LogP contribution in [0.4, 0.5) is 5.82 Å². The minimum Gasteiger partial charge on any atom is -0.349 e. The second-order valence-corrected chi connectivity index (χ2v) is 7.52. The summed E-state index contributed by atoms with van der Waals surface area (Å²) in [6, 6.07) is 0. The van der Waals surface area contributed by atoms with E-state index in [-0.39, 0.29) is 42.1 Å². The van der Waals surface area contributed by atoms with Crippen molar-refractivity contribution in [2.45, 2.75) is 44.6 Å². The van der Waals surface area contributed by atoms with Crippen LogP contribution in [0.2, 0.25) is 0 Å². The van der Waals surface area contributed by atoms with E-state index in [9.17, 15) is 14.3 Å². The summed E-state index contributed by atoms with van der Waals surface area (Å²) < 4.78 is 29.0. The van der Waals surface area contributed by atoms with Gasteiger partial charge in [-0.05, 0) is 6.42 Å². The van der Waals surface area contributed by atoms with Gasteiger partial charge in [0, 0.05) is 42.4 Å². The molecule has 2 aliphatic heterocycles. The molecule has 1 radical (unpaired) electrons. The van der Waals surface area contributed by atoms with Gasteiger partial charge in [-0.2, -0.15) is 0 Å². The van der Waals surface area contributed by atoms with E-state index in [2.05, 4.69) is 20.3 Å². The zero-order chi connectivity index (χ0) is 18.3. The first-order valence-corrected chi connectivity index (χ1v) is 9.75. The fourth-order valence-corrected chi connectivity index (χ4v) is 4.04. The Hall–Kier alpha value is -0.910. The number of anilines is 1. The number of hydrogen-bond acceptors (Lipinski definition) is 8. The Morgan fingerprint density at radius 3 is 3.00 bits per heavy atom. The number of carbonyl (C=O) groups is 1. The molecule has 0 saturated carbocycles. The molecule has 2 aromatic heterocycles. The Kier molecular flexibility index (Phi) is 6.34. The first-order chi connectivity index (χ1) is 12.5. The van der Waals surface area contributed by atoms with Gasteiger partial charge in [-0.25, -0.2) is 19.5 Å². The normalized spacial score (nSPS) is 29.9. The van der Waals surface area contributed by atoms with Crippen LogP contribution in [-0.2, 0) is 23.1 Å². The van der Waals surface area contributed by atoms with Gasteiger partial charge < -0.3 is 14.9 Å². The number of hydrogen-bond donors (Lipinski definition) is 2. The van der Waals surface area contributed by atoms with Crippen LogP contribution in [0.15, 0.2) is 12.7 Å². The molecule has 11 nitrogen and oxygen atoms in total. The Bertz CT molecular complexity index is 894. The average Bonchev–Trinajstić information content (AvgIpc) is 3.17. The first kappa shape index (κ1) is 20.8. The molecule has 27 heavy (non-hydrogen) atoms. The first-order valence-electron chi connectivity index (χ1n) is 8.25. The zero-order valence-electron chi connectivity index (χ0n) is 14.9. The number of phosphoric acid groups is 1. The molecule has 0 bridgehead atoms. The molecule has 0 aromatic carbocycles. The van der Waals surface area contributed by atoms with E-state index in [0.29, 0.717) is 29.8 Å². The number of rotatable bonds is 4. The van der Waals surface area contributed by atoms with E-state index >= 15 is 0 Å². The van der Waals surface area contributed by atoms with E-state index in [4.69, 9.17) is 13.8 Å². The van der Waals surface area contributed by atoms with E-state index in [1.807, 2.05) is 6.92 Å². The molecule has 2 aliphatic rings. The third-order valence-electron chi connectivity index (χ3n) is 4.25. The predicted octanol–water partition coefficient (Wildman–Crippen LogP) is 0.987. The minimum absolute atomic E-state index is 0. The Morgan fingerprint density at radius 1 is 1.41 bits per heavy atom. The van der Waals surface area contributed by atoms with Crippen molar-refractivity contribution in [2.24, 2.45) is 0 Å². The molecular weight excluding hydrogens is 388 g/mol. The third-order valence-corrected chi connectivity index (χ3v) is 5.27. The molecule has 1 amide bonds. The summed E-state index contributed by atoms with van der Waals surface area (Å²) in [5.41, 5.74) is 0.934. The number of carbonyl (C=O) groups excluding carboxylic acids is 1. The van der Waals surface area contributed by atoms with Crippen LogP contribution < -0.4 is 5.32 Å². The maximum absolute atomic E-state index is 11.8. The fraction of sp³-hybridized carbons (Fsp3) is 0.571. The standard InChI is InChI=1S/C14H18N5O6P.Na/c1-2-3-10(20)18-13-12-14(16-6-15-13)19(7-17-12)11-4-8-9(24-11)5-23-26(21,22)25-8;/h6-9,11H,2-5H2,1H3,(H,21,22)(H,15,16,18,20);. The van der Waals surface area contributed by atoms with Crippen LogP contribution in [0.3, 0.4) is 0 Å². The third kappa shape index (κ3) is 4.25. The number of nitrogens with one attached hydrogen (secondary N) is 1. The van der Waals surface area contributed by atoms with Crippen LogP contribution >= 0.6 is 7.82 Å². The van der Waals surface area contributed by atoms with E-state index in [1.165, 1.54) is 12.7 Å². The number of aromatic nitrogens is 4. The summed E-state index contributed by atoms with van der Waals surface area (Å²) >= 11 is 0. The summed E-state index contributed by atoms with van der Waals surface area (Å²) in [6.45, 7) is 1.90. The van der Waals surface area contributed by atoms with Crippen LogP contribution in [0.1, 0.15) is 32.4 Å². The maximum atomic E-state index is 11.8. The van der Waals surface area contributed by atoms with Crippen molar-refractivity contribution in [3.63, 3.8) is 0 Å². The van der Waals surface area contributed by atoms with Crippen molar-refractivity contribution in [3.05, 3.63) is 12.7 Å². The van der Waals surface area contributed by atoms with Crippen molar-refractivity contribution in [1.82, 2.24) is 19.5 Å². The van der Waals surface area contributed by atoms with Crippen molar-refractivity contribution in [1.29, 1.82) is 0 Å². The molecule has 2 N–H and O–H groups in total. The van der Waals surface area contributed by atoms with Gasteiger partial charge in [-0.15, -0.1) is 0 Å². The predicted molar refractivity (Wildman–Crippen MR) is 93.8 cm³/mol. The second-order valence-electron chi connectivity index (χ2n) is 6.12. The molecule has 141 valence electrons. The second kappa shape index (κ2) is 8.22. The Labute approximate surface area is 176 Å². The summed E-state index contributed by atoms with van der Waals surface area (Å²) in [4.78, 5) is 33.9. The smallest absolute Gasteiger partial charge is 0.349 e. The van der Waals surface area contributed by atoms with Gasteiger partial charge in [0.1, 0.15) is 24.8 Å². The van der Waals surface area contributed by atoms with Crippen LogP contribution in [0.5, 0.6) is 0 Å². The largest absolute Gasteiger partial charge is 0.472 e. The van der Waals surface area contributed by atoms with Crippen molar-refractivity contribution < 1.29 is 28.0 Å². The molecule has 4 atom stereocenters. The number of nitrogens with zero attached hydrogens (tertiary/aromatic N) is 4. The SMILES string of the molecule is CCCC(=O)Nc1ncnc2c1ncn2C1CC2OP(=O)(O)OCC2O1.[Na]. The monoisotopic (exact) mass is 406 g/mol. The molecule has 13 heteroatoms. The number of imidazole rings is 1. The molecular formula is C14H18N5NaO6P. The summed E-state index contributed by atoms with van der Waals surface area (Å²) in [7, 11) is -4.02. The Morgan fingerprint density at radius 2 is 2.22 bits per heavy atom. The molecule has 4 unspecified atom stereocenters. The quantitative estimate of drug-likeness (QED) is 0.562. The van der Waals surface area contributed by atoms with Gasteiger partial charge in [0.05, 0.1) is 12.9 Å². The maximum Gasteiger partial charge on any atom is 0.472 e. The van der Waals surface area contributed by atoms with Gasteiger partial charge in [-0.1, -0.05) is 6.92 Å². The topological polar surface area (TPSA) is 138 Å². The van der Waals surface area contributed by atoms with Crippen LogP contribution in [0, 0.1) is 0 Å². The van der Waals surface area contributed by atoms with Gasteiger partial charge in [0.25, 0.3) is 0 Å². The van der Waals surface area contributed by atoms with Gasteiger partial charge in [0.15, 0.2) is 17.0 Å². The van der Waals surface area contributed by atoms with Crippen LogP contribution in [0.25, 0.3) is 11.2 Å². The number of phosphoric ester groups is 1. The number of amides is 1. The molecule has 0 spiro atoms. The fourth-order valence-electron chi connectivity index (χ4n) is 3.08. The van der Waals surface area contributed by atoms with Crippen molar-refractivity contribution >= 4 is 60.3 Å². The number of fused-ring (bicyclic) bond motifs is 2. The van der Waals surface area contributed by atoms with Crippen LogP contribution in [-0.4, -0.2) is 78.7 Å². The minimum atomic E-state index is -4.02. The van der Waals surface area contributed by atoms with E-state index < -0.39 is 26.3 Å². The van der Waals surface area contributed by atoms with E-state index in [0.717, 1.165) is 6.42 Å². The zero-order valence-corrected chi connectivity index (χ0v) is 17.8. The van der Waals surface area contributed by atoms with Gasteiger partial charge in [0.2, 0.25) is 5.91 Å². The molecule has 0 aliphatic carbocycles. The average molecular weight is 406 g/mol. The summed E-state index contributed by atoms with van der Waals surface area (Å²) in [5.74, 6) is 0.191. The van der Waals surface area contributed by atoms with Crippen molar-refractivity contribution in [2.75, 3.05) is 11.9 Å². The molecule has 2 fully saturated rings. The van der Waals surface area contributed by atoms with Gasteiger partial charge in [-0.3, -0.25) is 18.4 Å². The van der Waals surface area contributed by atoms with E-state index in [1.54, 1.807) is 4.57 Å². The molecule has 4 heterocycles. The van der Waals surface area contributed by atoms with Crippen molar-refractivity contribution in [3.8, 4) is 0 Å². The number of ether oxygens (including phenoxy) is 1. The molecule has 2 aromatic rings. The van der Waals surface area contributed by atoms with Gasteiger partial charge >= 0.3 is 7.82 Å². The molecule has 4 rings (SSSR count).